The van der Waals surface area contributed by atoms with E-state index in [1.807, 2.05) is 0 Å². The molecule has 0 spiro atoms. The summed E-state index contributed by atoms with van der Waals surface area (Å²) in [5.74, 6) is 2.64. The standard InChI is InChI=1S/C14H28N2/c1-3-12-6-7-16(10-12)14-8-11(2)4-5-13(14)9-15/h11-14H,3-10,15H2,1-2H3. The Balaban J connectivity index is 1.95. The topological polar surface area (TPSA) is 29.3 Å². The summed E-state index contributed by atoms with van der Waals surface area (Å²) in [5.41, 5.74) is 5.95. The van der Waals surface area contributed by atoms with Crippen molar-refractivity contribution >= 4 is 0 Å². The molecule has 16 heavy (non-hydrogen) atoms. The Labute approximate surface area is 101 Å². The maximum absolute atomic E-state index is 5.95. The highest BCUT2D eigenvalue weighted by atomic mass is 15.2. The molecule has 0 aromatic carbocycles. The predicted octanol–water partition coefficient (Wildman–Crippen LogP) is 2.48. The van der Waals surface area contributed by atoms with Crippen molar-refractivity contribution in [3.8, 4) is 0 Å². The summed E-state index contributed by atoms with van der Waals surface area (Å²) in [6.07, 6.45) is 6.90. The smallest absolute Gasteiger partial charge is 0.0138 e. The van der Waals surface area contributed by atoms with Gasteiger partial charge < -0.3 is 5.73 Å². The first-order valence-electron chi connectivity index (χ1n) is 7.18. The third kappa shape index (κ3) is 2.60. The van der Waals surface area contributed by atoms with Gasteiger partial charge in [-0.3, -0.25) is 4.90 Å². The third-order valence-corrected chi connectivity index (χ3v) is 4.88. The average Bonchev–Trinajstić information content (AvgIpc) is 2.77. The molecule has 1 aliphatic heterocycles. The molecule has 2 N–H and O–H groups in total. The molecule has 0 bridgehead atoms. The van der Waals surface area contributed by atoms with Crippen molar-refractivity contribution in [3.63, 3.8) is 0 Å². The number of rotatable bonds is 3. The van der Waals surface area contributed by atoms with Gasteiger partial charge in [0.05, 0.1) is 0 Å². The van der Waals surface area contributed by atoms with Gasteiger partial charge in [-0.2, -0.15) is 0 Å². The van der Waals surface area contributed by atoms with Gasteiger partial charge in [0.15, 0.2) is 0 Å². The van der Waals surface area contributed by atoms with Crippen LogP contribution in [0.1, 0.15) is 46.0 Å². The zero-order valence-corrected chi connectivity index (χ0v) is 11.0. The van der Waals surface area contributed by atoms with E-state index in [9.17, 15) is 0 Å². The van der Waals surface area contributed by atoms with Crippen LogP contribution in [0.15, 0.2) is 0 Å². The van der Waals surface area contributed by atoms with Crippen LogP contribution in [-0.4, -0.2) is 30.6 Å². The molecule has 1 heterocycles. The monoisotopic (exact) mass is 224 g/mol. The molecule has 1 saturated heterocycles. The van der Waals surface area contributed by atoms with Crippen LogP contribution in [0, 0.1) is 17.8 Å². The largest absolute Gasteiger partial charge is 0.330 e. The highest BCUT2D eigenvalue weighted by molar-refractivity contribution is 4.89. The van der Waals surface area contributed by atoms with Crippen molar-refractivity contribution < 1.29 is 0 Å². The lowest BCUT2D eigenvalue weighted by Crippen LogP contribution is -2.45. The summed E-state index contributed by atoms with van der Waals surface area (Å²) in [7, 11) is 0. The van der Waals surface area contributed by atoms with E-state index in [0.29, 0.717) is 0 Å². The van der Waals surface area contributed by atoms with Gasteiger partial charge in [-0.25, -0.2) is 0 Å². The van der Waals surface area contributed by atoms with Crippen molar-refractivity contribution in [2.45, 2.75) is 52.0 Å². The molecule has 0 radical (unpaired) electrons. The summed E-state index contributed by atoms with van der Waals surface area (Å²) in [5, 5.41) is 0. The summed E-state index contributed by atoms with van der Waals surface area (Å²) in [6.45, 7) is 8.30. The maximum atomic E-state index is 5.95. The van der Waals surface area contributed by atoms with Gasteiger partial charge in [-0.1, -0.05) is 26.7 Å². The number of likely N-dealkylation sites (tertiary alicyclic amines) is 1. The molecule has 1 aliphatic carbocycles. The molecule has 2 heteroatoms. The van der Waals surface area contributed by atoms with Crippen LogP contribution in [0.5, 0.6) is 0 Å². The molecule has 0 amide bonds. The van der Waals surface area contributed by atoms with Crippen LogP contribution in [0.25, 0.3) is 0 Å². The SMILES string of the molecule is CCC1CCN(C2CC(C)CCC2CN)C1. The highest BCUT2D eigenvalue weighted by Gasteiger charge is 2.35. The maximum Gasteiger partial charge on any atom is 0.0138 e. The van der Waals surface area contributed by atoms with Crippen LogP contribution in [0.3, 0.4) is 0 Å². The van der Waals surface area contributed by atoms with Crippen LogP contribution in [-0.2, 0) is 0 Å². The third-order valence-electron chi connectivity index (χ3n) is 4.88. The Hall–Kier alpha value is -0.0800. The van der Waals surface area contributed by atoms with Crippen molar-refractivity contribution in [2.24, 2.45) is 23.5 Å². The van der Waals surface area contributed by atoms with Gasteiger partial charge in [-0.05, 0) is 50.1 Å². The second-order valence-corrected chi connectivity index (χ2v) is 6.04. The summed E-state index contributed by atoms with van der Waals surface area (Å²) >= 11 is 0. The molecule has 1 saturated carbocycles. The number of hydrogen-bond donors (Lipinski definition) is 1. The van der Waals surface area contributed by atoms with Crippen molar-refractivity contribution in [2.75, 3.05) is 19.6 Å². The molecule has 4 atom stereocenters. The van der Waals surface area contributed by atoms with Gasteiger partial charge in [0.1, 0.15) is 0 Å². The Bertz CT molecular complexity index is 217. The van der Waals surface area contributed by atoms with E-state index in [0.717, 1.165) is 30.3 Å². The number of nitrogens with zero attached hydrogens (tertiary/aromatic N) is 1. The minimum absolute atomic E-state index is 0.770. The molecule has 94 valence electrons. The first-order valence-corrected chi connectivity index (χ1v) is 7.18. The van der Waals surface area contributed by atoms with Gasteiger partial charge in [0, 0.05) is 12.6 Å². The van der Waals surface area contributed by atoms with Crippen molar-refractivity contribution in [1.82, 2.24) is 4.90 Å². The molecule has 2 nitrogen and oxygen atoms in total. The van der Waals surface area contributed by atoms with E-state index in [4.69, 9.17) is 5.73 Å². The fraction of sp³-hybridized carbons (Fsp3) is 1.00. The van der Waals surface area contributed by atoms with E-state index in [1.54, 1.807) is 0 Å². The predicted molar refractivity (Wildman–Crippen MR) is 69.3 cm³/mol. The quantitative estimate of drug-likeness (QED) is 0.798. The second kappa shape index (κ2) is 5.50. The molecule has 2 aliphatic rings. The Kier molecular flexibility index (Phi) is 4.26. The first kappa shape index (κ1) is 12.4. The Morgan fingerprint density at radius 2 is 2.06 bits per heavy atom. The molecule has 0 aromatic rings. The van der Waals surface area contributed by atoms with Crippen LogP contribution < -0.4 is 5.73 Å². The molecule has 2 fully saturated rings. The first-order chi connectivity index (χ1) is 7.74. The lowest BCUT2D eigenvalue weighted by molar-refractivity contribution is 0.104. The van der Waals surface area contributed by atoms with Crippen LogP contribution in [0.4, 0.5) is 0 Å². The Morgan fingerprint density at radius 3 is 2.69 bits per heavy atom. The summed E-state index contributed by atoms with van der Waals surface area (Å²) in [6, 6.07) is 0.797. The normalized spacial score (nSPS) is 41.4. The Morgan fingerprint density at radius 1 is 1.25 bits per heavy atom. The summed E-state index contributed by atoms with van der Waals surface area (Å²) < 4.78 is 0. The minimum atomic E-state index is 0.770. The minimum Gasteiger partial charge on any atom is -0.330 e. The molecular formula is C14H28N2. The van der Waals surface area contributed by atoms with Crippen molar-refractivity contribution in [1.29, 1.82) is 0 Å². The van der Waals surface area contributed by atoms with Crippen molar-refractivity contribution in [3.05, 3.63) is 0 Å². The molecular weight excluding hydrogens is 196 g/mol. The fourth-order valence-electron chi connectivity index (χ4n) is 3.63. The van der Waals surface area contributed by atoms with E-state index in [1.165, 1.54) is 45.2 Å². The zero-order valence-electron chi connectivity index (χ0n) is 11.0. The van der Waals surface area contributed by atoms with Gasteiger partial charge in [-0.15, -0.1) is 0 Å². The molecule has 0 aromatic heterocycles. The van der Waals surface area contributed by atoms with Gasteiger partial charge in [0.25, 0.3) is 0 Å². The van der Waals surface area contributed by atoms with E-state index in [-0.39, 0.29) is 0 Å². The van der Waals surface area contributed by atoms with E-state index in [2.05, 4.69) is 18.7 Å². The van der Waals surface area contributed by atoms with Gasteiger partial charge >= 0.3 is 0 Å². The van der Waals surface area contributed by atoms with Crippen LogP contribution >= 0.6 is 0 Å². The lowest BCUT2D eigenvalue weighted by Gasteiger charge is -2.40. The molecule has 2 rings (SSSR count). The van der Waals surface area contributed by atoms with Gasteiger partial charge in [0.2, 0.25) is 0 Å². The van der Waals surface area contributed by atoms with E-state index >= 15 is 0 Å². The second-order valence-electron chi connectivity index (χ2n) is 6.04. The number of nitrogens with two attached hydrogens (primary N) is 1. The zero-order chi connectivity index (χ0) is 11.5. The highest BCUT2D eigenvalue weighted by Crippen LogP contribution is 2.34. The molecule has 4 unspecified atom stereocenters. The van der Waals surface area contributed by atoms with E-state index < -0.39 is 0 Å². The van der Waals surface area contributed by atoms with Crippen LogP contribution in [0.2, 0.25) is 0 Å². The fourth-order valence-corrected chi connectivity index (χ4v) is 3.63. The summed E-state index contributed by atoms with van der Waals surface area (Å²) in [4.78, 5) is 2.75. The average molecular weight is 224 g/mol. The number of hydrogen-bond acceptors (Lipinski definition) is 2. The lowest BCUT2D eigenvalue weighted by atomic mass is 9.78.